The first kappa shape index (κ1) is 33.2. The van der Waals surface area contributed by atoms with Crippen LogP contribution in [-0.2, 0) is 36.4 Å². The summed E-state index contributed by atoms with van der Waals surface area (Å²) < 4.78 is 54.8. The van der Waals surface area contributed by atoms with Crippen LogP contribution in [0.3, 0.4) is 0 Å². The highest BCUT2D eigenvalue weighted by atomic mass is 32.3. The maximum Gasteiger partial charge on any atom is 0.352 e. The van der Waals surface area contributed by atoms with E-state index in [4.69, 9.17) is 0 Å². The molecule has 46 heavy (non-hydrogen) atoms. The van der Waals surface area contributed by atoms with Crippen LogP contribution in [-0.4, -0.2) is 100 Å². The van der Waals surface area contributed by atoms with Crippen molar-refractivity contribution in [2.24, 2.45) is 11.8 Å². The van der Waals surface area contributed by atoms with Crippen LogP contribution in [0.25, 0.3) is 10.4 Å². The molecule has 21 heteroatoms. The van der Waals surface area contributed by atoms with E-state index in [1.165, 1.54) is 48.1 Å². The topological polar surface area (TPSA) is 251 Å². The number of carbonyl (C=O) groups is 3. The molecule has 246 valence electrons. The molecule has 4 atom stereocenters. The van der Waals surface area contributed by atoms with Gasteiger partial charge in [-0.3, -0.25) is 24.1 Å². The van der Waals surface area contributed by atoms with E-state index in [0.717, 1.165) is 30.3 Å². The number of imidazole rings is 1. The highest BCUT2D eigenvalue weighted by Crippen LogP contribution is 2.53. The van der Waals surface area contributed by atoms with Gasteiger partial charge in [-0.2, -0.15) is 16.8 Å². The molecule has 1 amide bonds. The molecule has 2 aliphatic heterocycles. The summed E-state index contributed by atoms with van der Waals surface area (Å²) in [6.45, 7) is 0.282. The number of nitrogens with one attached hydrogen (secondary N) is 2. The first-order chi connectivity index (χ1) is 21.5. The molecule has 0 saturated carbocycles. The van der Waals surface area contributed by atoms with Crippen molar-refractivity contribution < 1.29 is 46.4 Å². The van der Waals surface area contributed by atoms with E-state index in [9.17, 15) is 51.5 Å². The zero-order valence-electron chi connectivity index (χ0n) is 24.2. The van der Waals surface area contributed by atoms with Gasteiger partial charge in [-0.15, -0.1) is 11.3 Å². The molecule has 2 aromatic heterocycles. The normalized spacial score (nSPS) is 20.7. The van der Waals surface area contributed by atoms with Gasteiger partial charge in [0.25, 0.3) is 26.1 Å². The van der Waals surface area contributed by atoms with Gasteiger partial charge < -0.3 is 15.1 Å². The number of non-ortho nitro benzene ring substituents is 1. The van der Waals surface area contributed by atoms with E-state index in [1.807, 2.05) is 9.44 Å². The maximum absolute atomic E-state index is 13.3. The summed E-state index contributed by atoms with van der Waals surface area (Å²) >= 11 is 0.914. The Labute approximate surface area is 265 Å². The molecule has 18 nitrogen and oxygen atoms in total. The lowest BCUT2D eigenvalue weighted by Gasteiger charge is -2.47. The second-order valence-electron chi connectivity index (χ2n) is 10.4. The molecule has 1 unspecified atom stereocenters. The minimum absolute atomic E-state index is 0.0585. The van der Waals surface area contributed by atoms with Crippen molar-refractivity contribution in [1.29, 1.82) is 0 Å². The Morgan fingerprint density at radius 1 is 1.15 bits per heavy atom. The number of carbonyl (C=O) groups excluding carboxylic acids is 2. The molecule has 1 saturated heterocycles. The number of Topliss-reactive ketones (excluding diaryl/α,β-unsaturated/α-hetero) is 1. The molecule has 0 bridgehead atoms. The molecule has 5 rings (SSSR count). The van der Waals surface area contributed by atoms with Crippen LogP contribution in [0.1, 0.15) is 27.9 Å². The van der Waals surface area contributed by atoms with E-state index in [0.29, 0.717) is 10.4 Å². The quantitative estimate of drug-likeness (QED) is 0.0770. The molecule has 4 N–H and O–H groups in total. The predicted molar refractivity (Wildman–Crippen MR) is 161 cm³/mol. The molecule has 2 aliphatic rings. The number of amides is 1. The van der Waals surface area contributed by atoms with Crippen molar-refractivity contribution in [2.45, 2.75) is 25.5 Å². The van der Waals surface area contributed by atoms with Crippen LogP contribution in [0.15, 0.2) is 42.5 Å². The number of nitrogens with zero attached hydrogens (tertiary/aromatic N) is 5. The number of hydrogen-bond acceptors (Lipinski definition) is 12. The van der Waals surface area contributed by atoms with Gasteiger partial charge >= 0.3 is 5.97 Å². The van der Waals surface area contributed by atoms with Gasteiger partial charge in [0, 0.05) is 43.9 Å². The van der Waals surface area contributed by atoms with Crippen LogP contribution in [0, 0.1) is 22.0 Å². The number of carboxylic acid groups (broad SMARTS) is 1. The SMILES string of the molecule is CNS(=O)(=O)N(CC(=O)c1ncn2cc(C3=C(C(=O)O)N4C(=O)[C@H]([C@@H](C)O)[C@H]4C3Cc3ccc([N+](=O)[O-])cc3)sc12)S(=O)(=O)NC. The van der Waals surface area contributed by atoms with Crippen molar-refractivity contribution in [3.8, 4) is 0 Å². The van der Waals surface area contributed by atoms with E-state index >= 15 is 0 Å². The second kappa shape index (κ2) is 11.9. The fraction of sp³-hybridized carbons (Fsp3) is 0.360. The van der Waals surface area contributed by atoms with Crippen LogP contribution >= 0.6 is 11.3 Å². The number of carboxylic acids is 1. The largest absolute Gasteiger partial charge is 0.477 e. The lowest BCUT2D eigenvalue weighted by Crippen LogP contribution is -2.64. The van der Waals surface area contributed by atoms with Crippen molar-refractivity contribution in [1.82, 2.24) is 27.4 Å². The van der Waals surface area contributed by atoms with Gasteiger partial charge in [0.2, 0.25) is 11.7 Å². The third-order valence-electron chi connectivity index (χ3n) is 7.86. The number of nitro groups is 1. The molecule has 4 heterocycles. The van der Waals surface area contributed by atoms with Crippen molar-refractivity contribution in [2.75, 3.05) is 20.6 Å². The van der Waals surface area contributed by atoms with Crippen LogP contribution in [0.5, 0.6) is 0 Å². The molecule has 0 radical (unpaired) electrons. The van der Waals surface area contributed by atoms with Gasteiger partial charge in [0.05, 0.1) is 34.4 Å². The number of benzene rings is 1. The van der Waals surface area contributed by atoms with Gasteiger partial charge in [0.1, 0.15) is 22.5 Å². The number of aliphatic hydroxyl groups is 1. The minimum Gasteiger partial charge on any atom is -0.477 e. The van der Waals surface area contributed by atoms with Gasteiger partial charge in [-0.25, -0.2) is 19.2 Å². The van der Waals surface area contributed by atoms with E-state index < -0.39 is 73.5 Å². The average Bonchev–Trinajstić information content (AvgIpc) is 3.65. The molecular formula is C25H27N7O11S3. The Kier molecular flexibility index (Phi) is 8.61. The van der Waals surface area contributed by atoms with Crippen molar-refractivity contribution in [3.63, 3.8) is 0 Å². The van der Waals surface area contributed by atoms with Gasteiger partial charge in [-0.1, -0.05) is 15.8 Å². The number of aliphatic hydroxyl groups excluding tert-OH is 1. The first-order valence-corrected chi connectivity index (χ1v) is 17.1. The van der Waals surface area contributed by atoms with Crippen LogP contribution in [0.4, 0.5) is 5.69 Å². The smallest absolute Gasteiger partial charge is 0.352 e. The summed E-state index contributed by atoms with van der Waals surface area (Å²) in [5.41, 5.74) is 0.0523. The Bertz CT molecular complexity index is 1980. The summed E-state index contributed by atoms with van der Waals surface area (Å²) in [5, 5.41) is 31.8. The third-order valence-corrected chi connectivity index (χ3v) is 12.5. The zero-order valence-corrected chi connectivity index (χ0v) is 26.7. The minimum atomic E-state index is -4.65. The number of aliphatic carboxylic acids is 1. The highest BCUT2D eigenvalue weighted by molar-refractivity contribution is 8.02. The maximum atomic E-state index is 13.3. The highest BCUT2D eigenvalue weighted by Gasteiger charge is 2.61. The van der Waals surface area contributed by atoms with E-state index in [2.05, 4.69) is 4.98 Å². The fourth-order valence-corrected chi connectivity index (χ4v) is 9.41. The number of aromatic nitrogens is 2. The van der Waals surface area contributed by atoms with Crippen LogP contribution < -0.4 is 9.44 Å². The molecule has 1 aromatic carbocycles. The van der Waals surface area contributed by atoms with E-state index in [-0.39, 0.29) is 37.6 Å². The fourth-order valence-electron chi connectivity index (χ4n) is 5.75. The summed E-state index contributed by atoms with van der Waals surface area (Å²) in [7, 11) is -7.36. The monoisotopic (exact) mass is 697 g/mol. The number of rotatable bonds is 13. The van der Waals surface area contributed by atoms with Gasteiger partial charge in [-0.05, 0) is 18.9 Å². The number of thiazole rings is 1. The van der Waals surface area contributed by atoms with Crippen molar-refractivity contribution in [3.05, 3.63) is 68.7 Å². The Morgan fingerprint density at radius 2 is 1.76 bits per heavy atom. The summed E-state index contributed by atoms with van der Waals surface area (Å²) in [6.07, 6.45) is 1.72. The number of β-lactam (4-membered cyclic amide) rings is 1. The Balaban J connectivity index is 1.59. The summed E-state index contributed by atoms with van der Waals surface area (Å²) in [6, 6.07) is 4.87. The number of nitro benzene ring substituents is 1. The third kappa shape index (κ3) is 5.48. The number of hydrogen-bond donors (Lipinski definition) is 4. The molecular weight excluding hydrogens is 671 g/mol. The summed E-state index contributed by atoms with van der Waals surface area (Å²) in [5.74, 6) is -4.60. The molecule has 3 aromatic rings. The first-order valence-electron chi connectivity index (χ1n) is 13.4. The number of fused-ring (bicyclic) bond motifs is 2. The second-order valence-corrected chi connectivity index (χ2v) is 15.3. The summed E-state index contributed by atoms with van der Waals surface area (Å²) in [4.78, 5) is 55.2. The van der Waals surface area contributed by atoms with E-state index in [1.54, 1.807) is 0 Å². The molecule has 0 aliphatic carbocycles. The van der Waals surface area contributed by atoms with Gasteiger partial charge in [0.15, 0.2) is 0 Å². The Hall–Kier alpha value is -4.12. The molecule has 0 spiro atoms. The zero-order chi connectivity index (χ0) is 33.9. The lowest BCUT2D eigenvalue weighted by molar-refractivity contribution is -0.384. The molecule has 1 fully saturated rings. The van der Waals surface area contributed by atoms with Crippen LogP contribution in [0.2, 0.25) is 0 Å². The number of ketones is 1. The standard InChI is InChI=1S/C25H27N7O11S3/c1-12(33)18-21-15(8-13-4-6-14(7-5-13)32(38)39)19(22(25(36)37)31(21)23(18)35)17-10-29-11-28-20(24(29)44-17)16(34)9-30(45(40,41)26-2)46(42,43)27-3/h4-7,10-12,15,18,21,26-27,33H,8-9H2,1-3H3,(H,36,37)/t12-,15?,18-,21-/m1/s1. The predicted octanol–water partition coefficient (Wildman–Crippen LogP) is -0.407. The Morgan fingerprint density at radius 3 is 2.28 bits per heavy atom. The lowest BCUT2D eigenvalue weighted by atomic mass is 9.74. The average molecular weight is 698 g/mol. The van der Waals surface area contributed by atoms with Crippen molar-refractivity contribution >= 4 is 65.5 Å².